The maximum atomic E-state index is 11.9. The summed E-state index contributed by atoms with van der Waals surface area (Å²) in [4.78, 5) is 14.2. The van der Waals surface area contributed by atoms with E-state index in [-0.39, 0.29) is 24.7 Å². The first-order valence-electron chi connectivity index (χ1n) is 6.11. The molecule has 0 saturated heterocycles. The standard InChI is InChI=1S/C11H15F3N4O3/c1-2-15-9-4-3-8(18(19)20)10(17-9)16-5-6-21-7-11(12,13)14/h3-4H,2,5-7H2,1H3,(H2,15,16,17). The van der Waals surface area contributed by atoms with Crippen LogP contribution >= 0.6 is 0 Å². The van der Waals surface area contributed by atoms with E-state index in [1.54, 1.807) is 0 Å². The van der Waals surface area contributed by atoms with Gasteiger partial charge in [0.1, 0.15) is 12.4 Å². The Morgan fingerprint density at radius 1 is 1.38 bits per heavy atom. The highest BCUT2D eigenvalue weighted by atomic mass is 19.4. The summed E-state index contributed by atoms with van der Waals surface area (Å²) < 4.78 is 40.0. The number of nitro groups is 1. The van der Waals surface area contributed by atoms with E-state index in [9.17, 15) is 23.3 Å². The molecule has 2 N–H and O–H groups in total. The van der Waals surface area contributed by atoms with E-state index < -0.39 is 17.7 Å². The third-order valence-electron chi connectivity index (χ3n) is 2.23. The monoisotopic (exact) mass is 308 g/mol. The zero-order valence-electron chi connectivity index (χ0n) is 11.2. The summed E-state index contributed by atoms with van der Waals surface area (Å²) in [6.07, 6.45) is -4.39. The van der Waals surface area contributed by atoms with E-state index in [4.69, 9.17) is 0 Å². The molecule has 0 saturated carbocycles. The van der Waals surface area contributed by atoms with Crippen molar-refractivity contribution in [1.29, 1.82) is 0 Å². The van der Waals surface area contributed by atoms with Crippen molar-refractivity contribution in [3.05, 3.63) is 22.2 Å². The lowest BCUT2D eigenvalue weighted by Crippen LogP contribution is -2.20. The highest BCUT2D eigenvalue weighted by Crippen LogP contribution is 2.23. The van der Waals surface area contributed by atoms with Gasteiger partial charge in [-0.3, -0.25) is 10.1 Å². The summed E-state index contributed by atoms with van der Waals surface area (Å²) in [6, 6.07) is 2.72. The molecule has 10 heteroatoms. The van der Waals surface area contributed by atoms with Gasteiger partial charge in [0.05, 0.1) is 11.5 Å². The fraction of sp³-hybridized carbons (Fsp3) is 0.545. The lowest BCUT2D eigenvalue weighted by molar-refractivity contribution is -0.384. The highest BCUT2D eigenvalue weighted by molar-refractivity contribution is 5.60. The van der Waals surface area contributed by atoms with Crippen molar-refractivity contribution in [3.63, 3.8) is 0 Å². The average molecular weight is 308 g/mol. The maximum absolute atomic E-state index is 11.9. The predicted molar refractivity (Wildman–Crippen MR) is 70.4 cm³/mol. The number of alkyl halides is 3. The van der Waals surface area contributed by atoms with E-state index in [0.717, 1.165) is 0 Å². The quantitative estimate of drug-likeness (QED) is 0.435. The van der Waals surface area contributed by atoms with Crippen molar-refractivity contribution >= 4 is 17.3 Å². The number of aromatic nitrogens is 1. The molecule has 0 bridgehead atoms. The third-order valence-corrected chi connectivity index (χ3v) is 2.23. The molecule has 1 aromatic rings. The second kappa shape index (κ2) is 7.62. The number of anilines is 2. The summed E-state index contributed by atoms with van der Waals surface area (Å²) in [5.74, 6) is 0.413. The van der Waals surface area contributed by atoms with Gasteiger partial charge in [0.25, 0.3) is 0 Å². The molecule has 1 aromatic heterocycles. The normalized spacial score (nSPS) is 11.2. The fourth-order valence-electron chi connectivity index (χ4n) is 1.44. The fourth-order valence-corrected chi connectivity index (χ4v) is 1.44. The molecule has 0 aliphatic heterocycles. The molecule has 0 aliphatic rings. The molecule has 0 aliphatic carbocycles. The highest BCUT2D eigenvalue weighted by Gasteiger charge is 2.27. The number of nitrogens with zero attached hydrogens (tertiary/aromatic N) is 2. The van der Waals surface area contributed by atoms with E-state index in [2.05, 4.69) is 20.4 Å². The van der Waals surface area contributed by atoms with Gasteiger partial charge >= 0.3 is 11.9 Å². The molecule has 1 heterocycles. The smallest absolute Gasteiger partial charge is 0.370 e. The zero-order valence-corrected chi connectivity index (χ0v) is 11.2. The first-order chi connectivity index (χ1) is 9.83. The van der Waals surface area contributed by atoms with Crippen LogP contribution in [0.5, 0.6) is 0 Å². The Hall–Kier alpha value is -2.10. The summed E-state index contributed by atoms with van der Waals surface area (Å²) >= 11 is 0. The van der Waals surface area contributed by atoms with Crippen molar-refractivity contribution in [2.24, 2.45) is 0 Å². The number of ether oxygens (including phenoxy) is 1. The Bertz CT molecular complexity index is 482. The summed E-state index contributed by atoms with van der Waals surface area (Å²) in [5, 5.41) is 16.3. The van der Waals surface area contributed by atoms with Crippen molar-refractivity contribution in [2.75, 3.05) is 36.9 Å². The van der Waals surface area contributed by atoms with Crippen LogP contribution in [-0.2, 0) is 4.74 Å². The minimum atomic E-state index is -4.39. The Morgan fingerprint density at radius 2 is 2.10 bits per heavy atom. The van der Waals surface area contributed by atoms with E-state index in [1.165, 1.54) is 12.1 Å². The maximum Gasteiger partial charge on any atom is 0.411 e. The minimum absolute atomic E-state index is 0.0194. The first-order valence-corrected chi connectivity index (χ1v) is 6.11. The molecule has 0 amide bonds. The largest absolute Gasteiger partial charge is 0.411 e. The lowest BCUT2D eigenvalue weighted by atomic mass is 10.3. The summed E-state index contributed by atoms with van der Waals surface area (Å²) in [6.45, 7) is 0.783. The van der Waals surface area contributed by atoms with Crippen LogP contribution in [0.2, 0.25) is 0 Å². The molecular formula is C11H15F3N4O3. The Labute approximate surface area is 118 Å². The van der Waals surface area contributed by atoms with Crippen molar-refractivity contribution in [1.82, 2.24) is 4.98 Å². The number of hydrogen-bond acceptors (Lipinski definition) is 6. The molecule has 118 valence electrons. The molecular weight excluding hydrogens is 293 g/mol. The first kappa shape index (κ1) is 17.0. The molecule has 0 fully saturated rings. The SMILES string of the molecule is CCNc1ccc([N+](=O)[O-])c(NCCOCC(F)(F)F)n1. The van der Waals surface area contributed by atoms with Crippen LogP contribution in [-0.4, -0.2) is 42.4 Å². The third kappa shape index (κ3) is 6.25. The number of pyridine rings is 1. The number of nitrogens with one attached hydrogen (secondary N) is 2. The molecule has 0 aromatic carbocycles. The van der Waals surface area contributed by atoms with Gasteiger partial charge in [-0.2, -0.15) is 13.2 Å². The number of hydrogen-bond donors (Lipinski definition) is 2. The van der Waals surface area contributed by atoms with E-state index in [1.807, 2.05) is 6.92 Å². The van der Waals surface area contributed by atoms with Crippen LogP contribution in [0.1, 0.15) is 6.92 Å². The van der Waals surface area contributed by atoms with Crippen molar-refractivity contribution in [2.45, 2.75) is 13.1 Å². The van der Waals surface area contributed by atoms with Crippen molar-refractivity contribution in [3.8, 4) is 0 Å². The van der Waals surface area contributed by atoms with E-state index in [0.29, 0.717) is 12.4 Å². The minimum Gasteiger partial charge on any atom is -0.370 e. The average Bonchev–Trinajstić information content (AvgIpc) is 2.37. The van der Waals surface area contributed by atoms with Gasteiger partial charge in [0.15, 0.2) is 0 Å². The molecule has 21 heavy (non-hydrogen) atoms. The Morgan fingerprint density at radius 3 is 2.67 bits per heavy atom. The van der Waals surface area contributed by atoms with E-state index >= 15 is 0 Å². The van der Waals surface area contributed by atoms with Gasteiger partial charge in [-0.25, -0.2) is 4.98 Å². The zero-order chi connectivity index (χ0) is 15.9. The van der Waals surface area contributed by atoms with Crippen LogP contribution in [0.3, 0.4) is 0 Å². The summed E-state index contributed by atoms with van der Waals surface area (Å²) in [5.41, 5.74) is -0.257. The van der Waals surface area contributed by atoms with Gasteiger partial charge in [0, 0.05) is 19.2 Å². The van der Waals surface area contributed by atoms with Gasteiger partial charge < -0.3 is 15.4 Å². The Kier molecular flexibility index (Phi) is 6.15. The van der Waals surface area contributed by atoms with Crippen LogP contribution in [0.25, 0.3) is 0 Å². The lowest BCUT2D eigenvalue weighted by Gasteiger charge is -2.10. The molecule has 1 rings (SSSR count). The van der Waals surface area contributed by atoms with Crippen LogP contribution < -0.4 is 10.6 Å². The topological polar surface area (TPSA) is 89.3 Å². The predicted octanol–water partition coefficient (Wildman–Crippen LogP) is 2.41. The van der Waals surface area contributed by atoms with Crippen molar-refractivity contribution < 1.29 is 22.8 Å². The molecule has 0 radical (unpaired) electrons. The number of halogens is 3. The van der Waals surface area contributed by atoms with Crippen LogP contribution in [0.15, 0.2) is 12.1 Å². The van der Waals surface area contributed by atoms with Crippen LogP contribution in [0.4, 0.5) is 30.5 Å². The van der Waals surface area contributed by atoms with Gasteiger partial charge in [-0.15, -0.1) is 0 Å². The summed E-state index contributed by atoms with van der Waals surface area (Å²) in [7, 11) is 0. The Balaban J connectivity index is 2.59. The van der Waals surface area contributed by atoms with Gasteiger partial charge in [-0.05, 0) is 13.0 Å². The molecule has 0 unspecified atom stereocenters. The molecule has 0 atom stereocenters. The number of rotatable bonds is 8. The van der Waals surface area contributed by atoms with Crippen LogP contribution in [0, 0.1) is 10.1 Å². The van der Waals surface area contributed by atoms with Gasteiger partial charge in [0.2, 0.25) is 5.82 Å². The van der Waals surface area contributed by atoms with Gasteiger partial charge in [-0.1, -0.05) is 0 Å². The second-order valence-corrected chi connectivity index (χ2v) is 3.95. The molecule has 7 nitrogen and oxygen atoms in total. The second-order valence-electron chi connectivity index (χ2n) is 3.95. The molecule has 0 spiro atoms.